The van der Waals surface area contributed by atoms with E-state index in [9.17, 15) is 9.90 Å². The first-order valence-electron chi connectivity index (χ1n) is 8.95. The van der Waals surface area contributed by atoms with Crippen LogP contribution in [0.3, 0.4) is 0 Å². The van der Waals surface area contributed by atoms with Gasteiger partial charge in [-0.25, -0.2) is 0 Å². The van der Waals surface area contributed by atoms with Crippen LogP contribution in [0.15, 0.2) is 65.7 Å². The Morgan fingerprint density at radius 1 is 1.12 bits per heavy atom. The Bertz CT molecular complexity index is 795. The first-order chi connectivity index (χ1) is 12.5. The van der Waals surface area contributed by atoms with E-state index in [4.69, 9.17) is 0 Å². The minimum absolute atomic E-state index is 0.0360. The van der Waals surface area contributed by atoms with E-state index in [1.807, 2.05) is 51.4 Å². The van der Waals surface area contributed by atoms with Crippen molar-refractivity contribution in [3.63, 3.8) is 0 Å². The monoisotopic (exact) mass is 350 g/mol. The third-order valence-corrected chi connectivity index (χ3v) is 5.08. The highest BCUT2D eigenvalue weighted by Gasteiger charge is 2.39. The van der Waals surface area contributed by atoms with Gasteiger partial charge in [0.15, 0.2) is 0 Å². The van der Waals surface area contributed by atoms with Crippen molar-refractivity contribution in [1.29, 1.82) is 0 Å². The predicted molar refractivity (Wildman–Crippen MR) is 104 cm³/mol. The smallest absolute Gasteiger partial charge is 0.248 e. The summed E-state index contributed by atoms with van der Waals surface area (Å²) in [7, 11) is 4.04. The average Bonchev–Trinajstić information content (AvgIpc) is 3.31. The van der Waals surface area contributed by atoms with Crippen LogP contribution in [0.5, 0.6) is 5.75 Å². The number of rotatable bonds is 7. The molecule has 0 saturated carbocycles. The second-order valence-corrected chi connectivity index (χ2v) is 7.14. The molecule has 0 heterocycles. The number of aromatic hydroxyl groups is 1. The maximum absolute atomic E-state index is 12.6. The van der Waals surface area contributed by atoms with Crippen molar-refractivity contribution in [3.05, 3.63) is 76.9 Å². The van der Waals surface area contributed by atoms with Crippen molar-refractivity contribution in [1.82, 2.24) is 10.2 Å². The fourth-order valence-electron chi connectivity index (χ4n) is 3.35. The molecule has 136 valence electrons. The molecule has 1 amide bonds. The molecule has 1 aliphatic carbocycles. The third-order valence-electron chi connectivity index (χ3n) is 5.08. The van der Waals surface area contributed by atoms with E-state index in [0.717, 1.165) is 23.1 Å². The molecule has 0 bridgehead atoms. The van der Waals surface area contributed by atoms with Gasteiger partial charge < -0.3 is 15.3 Å². The lowest BCUT2D eigenvalue weighted by Gasteiger charge is -2.24. The van der Waals surface area contributed by atoms with Crippen molar-refractivity contribution in [2.24, 2.45) is 0 Å². The topological polar surface area (TPSA) is 52.6 Å². The standard InChI is InChI=1S/C22H26N2O2/c1-15-20(17-7-5-4-6-8-17)21(15)22(26)23-14-18(24(2)3)13-16-9-11-19(25)12-10-16/h4-12,18,20,25H,13-14H2,1-3H3,(H,23,26)/t18-,20+/m0/s1. The maximum Gasteiger partial charge on any atom is 0.248 e. The number of phenolic OH excluding ortho intramolecular Hbond substituents is 1. The van der Waals surface area contributed by atoms with Gasteiger partial charge in [0.1, 0.15) is 5.75 Å². The number of nitrogens with zero attached hydrogens (tertiary/aromatic N) is 1. The molecular weight excluding hydrogens is 324 g/mol. The number of carbonyl (C=O) groups is 1. The molecule has 0 unspecified atom stereocenters. The first-order valence-corrected chi connectivity index (χ1v) is 8.95. The highest BCUT2D eigenvalue weighted by Crippen LogP contribution is 2.47. The molecule has 0 spiro atoms. The molecule has 2 aromatic rings. The van der Waals surface area contributed by atoms with Gasteiger partial charge in [-0.1, -0.05) is 48.0 Å². The van der Waals surface area contributed by atoms with E-state index in [0.29, 0.717) is 6.54 Å². The minimum atomic E-state index is 0.0360. The fraction of sp³-hybridized carbons (Fsp3) is 0.318. The summed E-state index contributed by atoms with van der Waals surface area (Å²) in [5.74, 6) is 0.478. The number of allylic oxidation sites excluding steroid dienone is 1. The van der Waals surface area contributed by atoms with Crippen LogP contribution < -0.4 is 5.32 Å². The summed E-state index contributed by atoms with van der Waals surface area (Å²) in [6.07, 6.45) is 0.813. The highest BCUT2D eigenvalue weighted by molar-refractivity contribution is 6.02. The summed E-state index contributed by atoms with van der Waals surface area (Å²) in [4.78, 5) is 14.7. The molecule has 4 heteroatoms. The lowest BCUT2D eigenvalue weighted by atomic mass is 10.0. The summed E-state index contributed by atoms with van der Waals surface area (Å²) < 4.78 is 0. The van der Waals surface area contributed by atoms with Gasteiger partial charge in [0.2, 0.25) is 5.91 Å². The molecular formula is C22H26N2O2. The zero-order chi connectivity index (χ0) is 18.7. The van der Waals surface area contributed by atoms with Crippen LogP contribution in [-0.2, 0) is 11.2 Å². The van der Waals surface area contributed by atoms with Crippen molar-refractivity contribution in [2.45, 2.75) is 25.3 Å². The number of phenols is 1. The highest BCUT2D eigenvalue weighted by atomic mass is 16.3. The summed E-state index contributed by atoms with van der Waals surface area (Å²) in [6, 6.07) is 17.6. The number of benzene rings is 2. The Labute approximate surface area is 155 Å². The van der Waals surface area contributed by atoms with E-state index in [2.05, 4.69) is 22.3 Å². The molecule has 0 saturated heterocycles. The van der Waals surface area contributed by atoms with Crippen molar-refractivity contribution >= 4 is 5.91 Å². The third kappa shape index (κ3) is 4.14. The second kappa shape index (κ2) is 7.75. The molecule has 26 heavy (non-hydrogen) atoms. The molecule has 0 aromatic heterocycles. The number of hydrogen-bond donors (Lipinski definition) is 2. The van der Waals surface area contributed by atoms with Crippen LogP contribution in [0.2, 0.25) is 0 Å². The number of amides is 1. The Morgan fingerprint density at radius 3 is 2.38 bits per heavy atom. The van der Waals surface area contributed by atoms with Crippen LogP contribution in [0, 0.1) is 0 Å². The molecule has 0 aliphatic heterocycles. The molecule has 2 aromatic carbocycles. The van der Waals surface area contributed by atoms with Crippen LogP contribution >= 0.6 is 0 Å². The van der Waals surface area contributed by atoms with Gasteiger partial charge in [-0.15, -0.1) is 0 Å². The van der Waals surface area contributed by atoms with Crippen LogP contribution in [-0.4, -0.2) is 42.6 Å². The Balaban J connectivity index is 1.57. The number of likely N-dealkylation sites (N-methyl/N-ethyl adjacent to an activating group) is 1. The van der Waals surface area contributed by atoms with E-state index >= 15 is 0 Å². The largest absolute Gasteiger partial charge is 0.508 e. The van der Waals surface area contributed by atoms with Gasteiger partial charge in [0, 0.05) is 24.1 Å². The Kier molecular flexibility index (Phi) is 5.43. The van der Waals surface area contributed by atoms with Crippen LogP contribution in [0.25, 0.3) is 0 Å². The summed E-state index contributed by atoms with van der Waals surface area (Å²) in [5, 5.41) is 12.5. The molecule has 2 atom stereocenters. The number of hydrogen-bond acceptors (Lipinski definition) is 3. The van der Waals surface area contributed by atoms with Crippen molar-refractivity contribution in [3.8, 4) is 5.75 Å². The van der Waals surface area contributed by atoms with Crippen molar-refractivity contribution in [2.75, 3.05) is 20.6 Å². The average molecular weight is 350 g/mol. The summed E-state index contributed by atoms with van der Waals surface area (Å²) in [6.45, 7) is 2.62. The quantitative estimate of drug-likeness (QED) is 0.807. The number of nitrogens with one attached hydrogen (secondary N) is 1. The molecule has 3 rings (SSSR count). The molecule has 1 aliphatic rings. The normalized spacial score (nSPS) is 17.3. The van der Waals surface area contributed by atoms with E-state index in [1.165, 1.54) is 5.56 Å². The molecule has 0 fully saturated rings. The summed E-state index contributed by atoms with van der Waals surface area (Å²) in [5.41, 5.74) is 4.38. The maximum atomic E-state index is 12.6. The van der Waals surface area contributed by atoms with Gasteiger partial charge in [0.25, 0.3) is 0 Å². The van der Waals surface area contributed by atoms with Gasteiger partial charge >= 0.3 is 0 Å². The Morgan fingerprint density at radius 2 is 1.77 bits per heavy atom. The van der Waals surface area contributed by atoms with Gasteiger partial charge in [-0.05, 0) is 50.7 Å². The lowest BCUT2D eigenvalue weighted by molar-refractivity contribution is -0.117. The SMILES string of the molecule is CC1=C(C(=O)NC[C@H](Cc2ccc(O)cc2)N(C)C)[C@H]1c1ccccc1. The molecule has 2 N–H and O–H groups in total. The first kappa shape index (κ1) is 18.2. The van der Waals surface area contributed by atoms with Gasteiger partial charge in [-0.2, -0.15) is 0 Å². The van der Waals surface area contributed by atoms with Crippen LogP contribution in [0.1, 0.15) is 24.0 Å². The lowest BCUT2D eigenvalue weighted by Crippen LogP contribution is -2.41. The van der Waals surface area contributed by atoms with E-state index in [-0.39, 0.29) is 23.6 Å². The van der Waals surface area contributed by atoms with Gasteiger partial charge in [0.05, 0.1) is 0 Å². The summed E-state index contributed by atoms with van der Waals surface area (Å²) >= 11 is 0. The number of carbonyl (C=O) groups excluding carboxylic acids is 1. The zero-order valence-corrected chi connectivity index (χ0v) is 15.6. The second-order valence-electron chi connectivity index (χ2n) is 7.14. The Hall–Kier alpha value is -2.59. The fourth-order valence-corrected chi connectivity index (χ4v) is 3.35. The molecule has 0 radical (unpaired) electrons. The van der Waals surface area contributed by atoms with E-state index in [1.54, 1.807) is 12.1 Å². The van der Waals surface area contributed by atoms with E-state index < -0.39 is 0 Å². The predicted octanol–water partition coefficient (Wildman–Crippen LogP) is 3.10. The zero-order valence-electron chi connectivity index (χ0n) is 15.6. The van der Waals surface area contributed by atoms with Gasteiger partial charge in [-0.3, -0.25) is 4.79 Å². The minimum Gasteiger partial charge on any atom is -0.508 e. The molecule has 4 nitrogen and oxygen atoms in total. The van der Waals surface area contributed by atoms with Crippen LogP contribution in [0.4, 0.5) is 0 Å². The van der Waals surface area contributed by atoms with Crippen molar-refractivity contribution < 1.29 is 9.90 Å².